The van der Waals surface area contributed by atoms with Crippen molar-refractivity contribution in [3.63, 3.8) is 0 Å². The van der Waals surface area contributed by atoms with E-state index in [1.54, 1.807) is 6.26 Å². The van der Waals surface area contributed by atoms with E-state index in [1.807, 2.05) is 6.07 Å². The maximum absolute atomic E-state index is 5.51. The van der Waals surface area contributed by atoms with Gasteiger partial charge in [0.2, 0.25) is 0 Å². The summed E-state index contributed by atoms with van der Waals surface area (Å²) in [4.78, 5) is 0. The Morgan fingerprint density at radius 3 is 2.80 bits per heavy atom. The van der Waals surface area contributed by atoms with Crippen molar-refractivity contribution in [1.29, 1.82) is 0 Å². The number of benzene rings is 1. The Bertz CT molecular complexity index is 534. The second kappa shape index (κ2) is 6.59. The van der Waals surface area contributed by atoms with Gasteiger partial charge >= 0.3 is 0 Å². The summed E-state index contributed by atoms with van der Waals surface area (Å²) in [5, 5.41) is 3.65. The van der Waals surface area contributed by atoms with Crippen LogP contribution in [0.15, 0.2) is 51.6 Å². The zero-order valence-corrected chi connectivity index (χ0v) is 13.1. The number of hydrogen-bond donors (Lipinski definition) is 1. The molecule has 1 fully saturated rings. The van der Waals surface area contributed by atoms with Crippen molar-refractivity contribution in [1.82, 2.24) is 5.32 Å². The number of rotatable bonds is 7. The third-order valence-corrected chi connectivity index (χ3v) is 4.25. The highest BCUT2D eigenvalue weighted by Gasteiger charge is 2.22. The highest BCUT2D eigenvalue weighted by Crippen LogP contribution is 2.22. The molecule has 1 aromatic carbocycles. The monoisotopic (exact) mass is 333 g/mol. The van der Waals surface area contributed by atoms with Crippen molar-refractivity contribution in [2.45, 2.75) is 31.7 Å². The fourth-order valence-electron chi connectivity index (χ4n) is 2.55. The molecule has 1 heterocycles. The molecule has 1 saturated carbocycles. The quantitative estimate of drug-likeness (QED) is 0.821. The van der Waals surface area contributed by atoms with Gasteiger partial charge in [-0.15, -0.1) is 0 Å². The largest absolute Gasteiger partial charge is 0.469 e. The fraction of sp³-hybridized carbons (Fsp3) is 0.412. The average molecular weight is 334 g/mol. The molecule has 0 amide bonds. The van der Waals surface area contributed by atoms with E-state index in [0.717, 1.165) is 35.7 Å². The van der Waals surface area contributed by atoms with Crippen molar-refractivity contribution < 1.29 is 4.42 Å². The average Bonchev–Trinajstić information content (AvgIpc) is 3.12. The summed E-state index contributed by atoms with van der Waals surface area (Å²) in [6.07, 6.45) is 6.52. The Morgan fingerprint density at radius 2 is 2.10 bits per heavy atom. The molecule has 0 radical (unpaired) electrons. The lowest BCUT2D eigenvalue weighted by atomic mass is 9.95. The molecular weight excluding hydrogens is 314 g/mol. The lowest BCUT2D eigenvalue weighted by Crippen LogP contribution is -2.27. The summed E-state index contributed by atoms with van der Waals surface area (Å²) in [5.41, 5.74) is 1.38. The minimum absolute atomic E-state index is 0.580. The first-order valence-electron chi connectivity index (χ1n) is 7.30. The Morgan fingerprint density at radius 1 is 1.20 bits per heavy atom. The van der Waals surface area contributed by atoms with Gasteiger partial charge in [0.05, 0.1) is 6.26 Å². The van der Waals surface area contributed by atoms with E-state index in [1.165, 1.54) is 18.4 Å². The Kier molecular flexibility index (Phi) is 4.58. The molecule has 1 aliphatic carbocycles. The van der Waals surface area contributed by atoms with Crippen LogP contribution < -0.4 is 5.32 Å². The summed E-state index contributed by atoms with van der Waals surface area (Å²) in [6.45, 7) is 1.07. The van der Waals surface area contributed by atoms with Gasteiger partial charge in [-0.1, -0.05) is 28.1 Å². The predicted molar refractivity (Wildman–Crippen MR) is 84.8 cm³/mol. The summed E-state index contributed by atoms with van der Waals surface area (Å²) in [5.74, 6) is 1.67. The van der Waals surface area contributed by atoms with Gasteiger partial charge in [-0.3, -0.25) is 0 Å². The lowest BCUT2D eigenvalue weighted by Gasteiger charge is -2.17. The fourth-order valence-corrected chi connectivity index (χ4v) is 2.99. The standard InChI is InChI=1S/C17H20BrNO/c18-15-4-1-3-13(10-15)9-14(12-19-16-6-7-16)11-17-5-2-8-20-17/h1-5,8,10,14,16,19H,6-7,9,11-12H2. The first-order valence-corrected chi connectivity index (χ1v) is 8.09. The number of hydrogen-bond acceptors (Lipinski definition) is 2. The molecule has 2 nitrogen and oxygen atoms in total. The van der Waals surface area contributed by atoms with Crippen LogP contribution in [0.1, 0.15) is 24.2 Å². The zero-order valence-electron chi connectivity index (χ0n) is 11.5. The van der Waals surface area contributed by atoms with Crippen LogP contribution in [0.4, 0.5) is 0 Å². The SMILES string of the molecule is Brc1cccc(CC(CNC2CC2)Cc2ccco2)c1. The van der Waals surface area contributed by atoms with Crippen LogP contribution in [0.25, 0.3) is 0 Å². The first kappa shape index (κ1) is 13.9. The smallest absolute Gasteiger partial charge is 0.104 e. The van der Waals surface area contributed by atoms with Crippen LogP contribution in [-0.4, -0.2) is 12.6 Å². The normalized spacial score (nSPS) is 16.2. The van der Waals surface area contributed by atoms with Gasteiger partial charge in [0.15, 0.2) is 0 Å². The molecule has 20 heavy (non-hydrogen) atoms. The van der Waals surface area contributed by atoms with Gasteiger partial charge in [-0.2, -0.15) is 0 Å². The molecule has 0 saturated heterocycles. The number of nitrogens with one attached hydrogen (secondary N) is 1. The van der Waals surface area contributed by atoms with Gasteiger partial charge in [0, 0.05) is 16.9 Å². The molecule has 1 aliphatic rings. The van der Waals surface area contributed by atoms with Crippen LogP contribution in [0.3, 0.4) is 0 Å². The minimum atomic E-state index is 0.580. The molecule has 1 aromatic heterocycles. The predicted octanol–water partition coefficient (Wildman–Crippen LogP) is 4.20. The summed E-state index contributed by atoms with van der Waals surface area (Å²) >= 11 is 3.55. The second-order valence-corrected chi connectivity index (χ2v) is 6.58. The molecular formula is C17H20BrNO. The maximum Gasteiger partial charge on any atom is 0.104 e. The Hall–Kier alpha value is -1.06. The van der Waals surface area contributed by atoms with E-state index >= 15 is 0 Å². The van der Waals surface area contributed by atoms with Crippen molar-refractivity contribution in [3.8, 4) is 0 Å². The Balaban J connectivity index is 1.63. The van der Waals surface area contributed by atoms with Crippen molar-refractivity contribution in [2.75, 3.05) is 6.54 Å². The lowest BCUT2D eigenvalue weighted by molar-refractivity contribution is 0.414. The molecule has 1 unspecified atom stereocenters. The summed E-state index contributed by atoms with van der Waals surface area (Å²) in [7, 11) is 0. The highest BCUT2D eigenvalue weighted by atomic mass is 79.9. The van der Waals surface area contributed by atoms with Crippen LogP contribution >= 0.6 is 15.9 Å². The molecule has 106 valence electrons. The van der Waals surface area contributed by atoms with Gasteiger partial charge < -0.3 is 9.73 Å². The van der Waals surface area contributed by atoms with Crippen LogP contribution in [0.2, 0.25) is 0 Å². The zero-order chi connectivity index (χ0) is 13.8. The molecule has 1 atom stereocenters. The van der Waals surface area contributed by atoms with Gasteiger partial charge in [0.1, 0.15) is 5.76 Å². The molecule has 0 spiro atoms. The number of furan rings is 1. The van der Waals surface area contributed by atoms with E-state index in [4.69, 9.17) is 4.42 Å². The number of halogens is 1. The molecule has 1 N–H and O–H groups in total. The molecule has 0 bridgehead atoms. The van der Waals surface area contributed by atoms with E-state index in [0.29, 0.717) is 5.92 Å². The minimum Gasteiger partial charge on any atom is -0.469 e. The van der Waals surface area contributed by atoms with Gasteiger partial charge in [-0.25, -0.2) is 0 Å². The highest BCUT2D eigenvalue weighted by molar-refractivity contribution is 9.10. The van der Waals surface area contributed by atoms with Crippen molar-refractivity contribution in [2.24, 2.45) is 5.92 Å². The van der Waals surface area contributed by atoms with Gasteiger partial charge in [0.25, 0.3) is 0 Å². The maximum atomic E-state index is 5.51. The van der Waals surface area contributed by atoms with E-state index in [2.05, 4.69) is 51.6 Å². The Labute approximate surface area is 128 Å². The topological polar surface area (TPSA) is 25.2 Å². The third kappa shape index (κ3) is 4.22. The van der Waals surface area contributed by atoms with E-state index < -0.39 is 0 Å². The molecule has 0 aliphatic heterocycles. The van der Waals surface area contributed by atoms with Crippen LogP contribution in [0.5, 0.6) is 0 Å². The molecule has 3 heteroatoms. The second-order valence-electron chi connectivity index (χ2n) is 5.67. The summed E-state index contributed by atoms with van der Waals surface area (Å²) < 4.78 is 6.67. The van der Waals surface area contributed by atoms with Crippen molar-refractivity contribution in [3.05, 3.63) is 58.5 Å². The van der Waals surface area contributed by atoms with Crippen molar-refractivity contribution >= 4 is 15.9 Å². The first-order chi connectivity index (χ1) is 9.79. The van der Waals surface area contributed by atoms with E-state index in [-0.39, 0.29) is 0 Å². The molecule has 2 aromatic rings. The van der Waals surface area contributed by atoms with Crippen LogP contribution in [-0.2, 0) is 12.8 Å². The third-order valence-electron chi connectivity index (χ3n) is 3.76. The van der Waals surface area contributed by atoms with Crippen LogP contribution in [0, 0.1) is 5.92 Å². The molecule has 3 rings (SSSR count). The summed E-state index contributed by atoms with van der Waals surface area (Å²) in [6, 6.07) is 13.4. The van der Waals surface area contributed by atoms with E-state index in [9.17, 15) is 0 Å². The van der Waals surface area contributed by atoms with Gasteiger partial charge in [-0.05, 0) is 61.6 Å².